The molecule has 2 fully saturated rings. The highest BCUT2D eigenvalue weighted by Crippen LogP contribution is 2.42. The average molecular weight is 445 g/mol. The number of carbonyl (C=O) groups excluding carboxylic acids is 1. The SMILES string of the molecule is COc1cc(C(=O)N2CCC3(CC2)CN(Cc2ccccc2Cl)C3)cc(OC)c1OC. The molecule has 4 rings (SSSR count). The third-order valence-electron chi connectivity index (χ3n) is 6.49. The topological polar surface area (TPSA) is 51.2 Å². The molecule has 1 spiro atoms. The van der Waals surface area contributed by atoms with Crippen molar-refractivity contribution in [3.63, 3.8) is 0 Å². The van der Waals surface area contributed by atoms with Gasteiger partial charge in [-0.25, -0.2) is 0 Å². The van der Waals surface area contributed by atoms with E-state index in [4.69, 9.17) is 25.8 Å². The fraction of sp³-hybridized carbons (Fsp3) is 0.458. The van der Waals surface area contributed by atoms with Gasteiger partial charge in [-0.15, -0.1) is 0 Å². The smallest absolute Gasteiger partial charge is 0.254 e. The standard InChI is InChI=1S/C24H29ClN2O4/c1-29-20-12-18(13-21(30-2)22(20)31-3)23(28)27-10-8-24(9-11-27)15-26(16-24)14-17-6-4-5-7-19(17)25/h4-7,12-13H,8-11,14-16H2,1-3H3. The molecule has 166 valence electrons. The minimum absolute atomic E-state index is 0.00125. The second kappa shape index (κ2) is 8.97. The fourth-order valence-corrected chi connectivity index (χ4v) is 4.96. The van der Waals surface area contributed by atoms with Crippen LogP contribution in [0, 0.1) is 5.41 Å². The van der Waals surface area contributed by atoms with Crippen LogP contribution in [0.1, 0.15) is 28.8 Å². The summed E-state index contributed by atoms with van der Waals surface area (Å²) >= 11 is 6.30. The quantitative estimate of drug-likeness (QED) is 0.671. The lowest BCUT2D eigenvalue weighted by Crippen LogP contribution is -2.60. The van der Waals surface area contributed by atoms with Crippen LogP contribution in [-0.2, 0) is 6.54 Å². The molecule has 2 aliphatic heterocycles. The molecule has 2 saturated heterocycles. The van der Waals surface area contributed by atoms with Crippen LogP contribution in [0.5, 0.6) is 17.2 Å². The van der Waals surface area contributed by atoms with E-state index in [1.54, 1.807) is 33.5 Å². The molecule has 0 aromatic heterocycles. The van der Waals surface area contributed by atoms with Gasteiger partial charge in [-0.2, -0.15) is 0 Å². The molecule has 2 aromatic carbocycles. The molecule has 1 amide bonds. The lowest BCUT2D eigenvalue weighted by atomic mass is 9.72. The van der Waals surface area contributed by atoms with E-state index >= 15 is 0 Å². The molecule has 7 heteroatoms. The number of rotatable bonds is 6. The van der Waals surface area contributed by atoms with Crippen molar-refractivity contribution in [3.8, 4) is 17.2 Å². The van der Waals surface area contributed by atoms with Crippen molar-refractivity contribution < 1.29 is 19.0 Å². The van der Waals surface area contributed by atoms with E-state index in [0.717, 1.165) is 50.6 Å². The Balaban J connectivity index is 1.36. The van der Waals surface area contributed by atoms with Gasteiger partial charge in [0.2, 0.25) is 5.75 Å². The molecular formula is C24H29ClN2O4. The Hall–Kier alpha value is -2.44. The number of likely N-dealkylation sites (tertiary alicyclic amines) is 2. The molecule has 2 aliphatic rings. The van der Waals surface area contributed by atoms with Crippen molar-refractivity contribution in [1.29, 1.82) is 0 Å². The van der Waals surface area contributed by atoms with Gasteiger partial charge in [0.1, 0.15) is 0 Å². The second-order valence-electron chi connectivity index (χ2n) is 8.44. The third kappa shape index (κ3) is 4.32. The normalized spacial score (nSPS) is 17.9. The number of halogens is 1. The predicted molar refractivity (Wildman–Crippen MR) is 120 cm³/mol. The van der Waals surface area contributed by atoms with Crippen LogP contribution in [0.2, 0.25) is 5.02 Å². The van der Waals surface area contributed by atoms with E-state index in [1.165, 1.54) is 5.56 Å². The Bertz CT molecular complexity index is 923. The molecule has 0 unspecified atom stereocenters. The Morgan fingerprint density at radius 3 is 2.16 bits per heavy atom. The number of amides is 1. The summed E-state index contributed by atoms with van der Waals surface area (Å²) in [5.74, 6) is 1.48. The van der Waals surface area contributed by atoms with Crippen LogP contribution in [0.3, 0.4) is 0 Å². The van der Waals surface area contributed by atoms with Crippen molar-refractivity contribution in [2.24, 2.45) is 5.41 Å². The lowest BCUT2D eigenvalue weighted by molar-refractivity contribution is -0.0465. The molecule has 0 bridgehead atoms. The fourth-order valence-electron chi connectivity index (χ4n) is 4.77. The summed E-state index contributed by atoms with van der Waals surface area (Å²) in [7, 11) is 4.67. The zero-order valence-corrected chi connectivity index (χ0v) is 19.1. The largest absolute Gasteiger partial charge is 0.493 e. The van der Waals surface area contributed by atoms with Crippen LogP contribution in [0.4, 0.5) is 0 Å². The summed E-state index contributed by atoms with van der Waals surface area (Å²) in [5, 5.41) is 0.828. The summed E-state index contributed by atoms with van der Waals surface area (Å²) < 4.78 is 16.1. The second-order valence-corrected chi connectivity index (χ2v) is 8.85. The van der Waals surface area contributed by atoms with Gasteiger partial charge in [0.05, 0.1) is 21.3 Å². The van der Waals surface area contributed by atoms with Crippen LogP contribution < -0.4 is 14.2 Å². The maximum Gasteiger partial charge on any atom is 0.254 e. The first-order valence-electron chi connectivity index (χ1n) is 10.5. The van der Waals surface area contributed by atoms with E-state index in [9.17, 15) is 4.79 Å². The molecule has 31 heavy (non-hydrogen) atoms. The van der Waals surface area contributed by atoms with Crippen LogP contribution >= 0.6 is 11.6 Å². The van der Waals surface area contributed by atoms with E-state index in [1.807, 2.05) is 23.1 Å². The van der Waals surface area contributed by atoms with Gasteiger partial charge in [-0.05, 0) is 42.0 Å². The summed E-state index contributed by atoms with van der Waals surface area (Å²) in [6.07, 6.45) is 2.03. The Labute approximate surface area is 188 Å². The number of ether oxygens (including phenoxy) is 3. The highest BCUT2D eigenvalue weighted by atomic mass is 35.5. The number of methoxy groups -OCH3 is 3. The number of benzene rings is 2. The van der Waals surface area contributed by atoms with E-state index in [2.05, 4.69) is 11.0 Å². The zero-order valence-electron chi connectivity index (χ0n) is 18.3. The molecular weight excluding hydrogens is 416 g/mol. The van der Waals surface area contributed by atoms with Gasteiger partial charge in [0, 0.05) is 43.3 Å². The monoisotopic (exact) mass is 444 g/mol. The van der Waals surface area contributed by atoms with Crippen molar-refractivity contribution in [3.05, 3.63) is 52.5 Å². The van der Waals surface area contributed by atoms with Gasteiger partial charge < -0.3 is 19.1 Å². The van der Waals surface area contributed by atoms with Gasteiger partial charge in [0.15, 0.2) is 11.5 Å². The van der Waals surface area contributed by atoms with Crippen molar-refractivity contribution >= 4 is 17.5 Å². The lowest BCUT2D eigenvalue weighted by Gasteiger charge is -2.54. The van der Waals surface area contributed by atoms with Crippen LogP contribution in [0.15, 0.2) is 36.4 Å². The molecule has 0 N–H and O–H groups in total. The molecule has 2 heterocycles. The maximum atomic E-state index is 13.1. The zero-order chi connectivity index (χ0) is 22.0. The van der Waals surface area contributed by atoms with Gasteiger partial charge in [-0.3, -0.25) is 9.69 Å². The molecule has 0 atom stereocenters. The van der Waals surface area contributed by atoms with E-state index < -0.39 is 0 Å². The first kappa shape index (κ1) is 21.8. The van der Waals surface area contributed by atoms with Gasteiger partial charge in [-0.1, -0.05) is 29.8 Å². The van der Waals surface area contributed by atoms with E-state index in [-0.39, 0.29) is 5.91 Å². The maximum absolute atomic E-state index is 13.1. The van der Waals surface area contributed by atoms with Crippen LogP contribution in [-0.4, -0.2) is 63.2 Å². The molecule has 2 aromatic rings. The molecule has 0 aliphatic carbocycles. The number of piperidine rings is 1. The predicted octanol–water partition coefficient (Wildman–Crippen LogP) is 4.10. The summed E-state index contributed by atoms with van der Waals surface area (Å²) in [5.41, 5.74) is 2.04. The minimum Gasteiger partial charge on any atom is -0.493 e. The number of nitrogens with zero attached hydrogens (tertiary/aromatic N) is 2. The molecule has 6 nitrogen and oxygen atoms in total. The first-order valence-corrected chi connectivity index (χ1v) is 10.9. The Morgan fingerprint density at radius 1 is 1.00 bits per heavy atom. The highest BCUT2D eigenvalue weighted by Gasteiger charge is 2.45. The minimum atomic E-state index is 0.00125. The Morgan fingerprint density at radius 2 is 1.61 bits per heavy atom. The first-order chi connectivity index (χ1) is 15.0. The number of hydrogen-bond donors (Lipinski definition) is 0. The summed E-state index contributed by atoms with van der Waals surface area (Å²) in [6, 6.07) is 11.5. The van der Waals surface area contributed by atoms with Crippen LogP contribution in [0.25, 0.3) is 0 Å². The molecule has 0 saturated carbocycles. The molecule has 0 radical (unpaired) electrons. The number of hydrogen-bond acceptors (Lipinski definition) is 5. The van der Waals surface area contributed by atoms with Crippen molar-refractivity contribution in [2.75, 3.05) is 47.5 Å². The Kier molecular flexibility index (Phi) is 6.30. The summed E-state index contributed by atoms with van der Waals surface area (Å²) in [6.45, 7) is 4.52. The van der Waals surface area contributed by atoms with Crippen molar-refractivity contribution in [2.45, 2.75) is 19.4 Å². The van der Waals surface area contributed by atoms with E-state index in [0.29, 0.717) is 28.2 Å². The van der Waals surface area contributed by atoms with Gasteiger partial charge >= 0.3 is 0 Å². The van der Waals surface area contributed by atoms with Gasteiger partial charge in [0.25, 0.3) is 5.91 Å². The third-order valence-corrected chi connectivity index (χ3v) is 6.86. The average Bonchev–Trinajstić information content (AvgIpc) is 2.78. The van der Waals surface area contributed by atoms with Crippen molar-refractivity contribution in [1.82, 2.24) is 9.80 Å². The highest BCUT2D eigenvalue weighted by molar-refractivity contribution is 6.31. The summed E-state index contributed by atoms with van der Waals surface area (Å²) in [4.78, 5) is 17.5. The number of carbonyl (C=O) groups is 1.